The Labute approximate surface area is 241 Å². The highest BCUT2D eigenvalue weighted by atomic mass is 28.3. The fourth-order valence-corrected chi connectivity index (χ4v) is 7.00. The molecule has 2 atom stereocenters. The van der Waals surface area contributed by atoms with Crippen LogP contribution in [-0.4, -0.2) is 52.2 Å². The lowest BCUT2D eigenvalue weighted by molar-refractivity contribution is -0.147. The average Bonchev–Trinajstić information content (AvgIpc) is 2.93. The van der Waals surface area contributed by atoms with Crippen LogP contribution in [0.4, 0.5) is 0 Å². The predicted octanol–water partition coefficient (Wildman–Crippen LogP) is 6.06. The Bertz CT molecular complexity index is 1230. The van der Waals surface area contributed by atoms with Gasteiger partial charge in [0.05, 0.1) is 33.4 Å². The number of ether oxygens (including phenoxy) is 4. The molecular weight excluding hydrogens is 518 g/mol. The third-order valence-electron chi connectivity index (χ3n) is 7.88. The van der Waals surface area contributed by atoms with Crippen LogP contribution >= 0.6 is 0 Å². The maximum absolute atomic E-state index is 13.3. The van der Waals surface area contributed by atoms with Crippen molar-refractivity contribution in [3.05, 3.63) is 59.7 Å². The molecule has 3 rings (SSSR count). The number of carbonyl (C=O) groups is 1. The average molecular weight is 562 g/mol. The van der Waals surface area contributed by atoms with Gasteiger partial charge in [-0.25, -0.2) is 0 Å². The van der Waals surface area contributed by atoms with Crippen LogP contribution in [0.25, 0.3) is 0 Å². The summed E-state index contributed by atoms with van der Waals surface area (Å²) in [5, 5.41) is 0.0573. The number of β-lactam (4-membered cyclic amide) rings is 1. The third-order valence-corrected chi connectivity index (χ3v) is 13.3. The van der Waals surface area contributed by atoms with Crippen molar-refractivity contribution in [2.45, 2.75) is 71.0 Å². The van der Waals surface area contributed by atoms with Crippen molar-refractivity contribution < 1.29 is 23.7 Å². The first-order chi connectivity index (χ1) is 19.1. The van der Waals surface area contributed by atoms with Gasteiger partial charge in [-0.05, 0) is 40.4 Å². The number of amides is 1. The van der Waals surface area contributed by atoms with Crippen molar-refractivity contribution in [1.29, 1.82) is 0 Å². The highest BCUT2D eigenvalue weighted by Gasteiger charge is 2.56. The molecule has 2 aromatic rings. The summed E-state index contributed by atoms with van der Waals surface area (Å²) < 4.78 is 24.0. The molecule has 1 saturated heterocycles. The molecule has 1 amide bonds. The summed E-state index contributed by atoms with van der Waals surface area (Å²) in [6, 6.07) is 15.7. The number of rotatable bonds is 11. The molecule has 6 nitrogen and oxygen atoms in total. The van der Waals surface area contributed by atoms with Gasteiger partial charge in [-0.15, -0.1) is 0 Å². The predicted molar refractivity (Wildman–Crippen MR) is 161 cm³/mol. The zero-order valence-corrected chi connectivity index (χ0v) is 26.0. The first-order valence-electron chi connectivity index (χ1n) is 13.7. The largest absolute Gasteiger partial charge is 0.497 e. The minimum absolute atomic E-state index is 0.0573. The molecule has 0 N–H and O–H groups in total. The van der Waals surface area contributed by atoms with Crippen molar-refractivity contribution in [2.75, 3.05) is 27.4 Å². The van der Waals surface area contributed by atoms with Crippen molar-refractivity contribution in [3.63, 3.8) is 0 Å². The van der Waals surface area contributed by atoms with Crippen molar-refractivity contribution in [2.24, 2.45) is 5.92 Å². The normalized spacial score (nSPS) is 16.8. The van der Waals surface area contributed by atoms with Crippen LogP contribution in [0.1, 0.15) is 44.7 Å². The quantitative estimate of drug-likeness (QED) is 0.145. The van der Waals surface area contributed by atoms with Gasteiger partial charge >= 0.3 is 0 Å². The topological polar surface area (TPSA) is 57.2 Å². The summed E-state index contributed by atoms with van der Waals surface area (Å²) in [5.41, 5.74) is 2.14. The minimum Gasteiger partial charge on any atom is -0.497 e. The number of hydrogen-bond acceptors (Lipinski definition) is 5. The van der Waals surface area contributed by atoms with Gasteiger partial charge in [-0.1, -0.05) is 81.8 Å². The molecule has 214 valence electrons. The molecular formula is C33H43NO5Si. The molecule has 0 spiro atoms. The molecule has 1 fully saturated rings. The SMILES string of the molecule is COc1ccc(COCC#CCC2C(=O)N([Si](C)(C)C(C)(C)C)[C@@H]2CC#CCOCc2ccc(OC)cc2)cc1. The molecule has 1 aliphatic rings. The van der Waals surface area contributed by atoms with Gasteiger partial charge in [0.1, 0.15) is 24.7 Å². The van der Waals surface area contributed by atoms with Crippen LogP contribution in [0.5, 0.6) is 11.5 Å². The Hall–Kier alpha value is -3.23. The van der Waals surface area contributed by atoms with E-state index in [1.807, 2.05) is 48.5 Å². The minimum atomic E-state index is -2.03. The Morgan fingerprint density at radius 1 is 0.750 bits per heavy atom. The van der Waals surface area contributed by atoms with Gasteiger partial charge in [-0.2, -0.15) is 0 Å². The summed E-state index contributed by atoms with van der Waals surface area (Å²) in [5.74, 6) is 14.4. The maximum Gasteiger partial charge on any atom is 0.221 e. The Morgan fingerprint density at radius 2 is 1.20 bits per heavy atom. The third kappa shape index (κ3) is 8.14. The molecule has 1 heterocycles. The Kier molecular flexibility index (Phi) is 11.3. The molecule has 0 aliphatic carbocycles. The van der Waals surface area contributed by atoms with Crippen molar-refractivity contribution in [3.8, 4) is 35.2 Å². The fourth-order valence-electron chi connectivity index (χ4n) is 4.46. The fraction of sp³-hybridized carbons (Fsp3) is 0.485. The summed E-state index contributed by atoms with van der Waals surface area (Å²) in [4.78, 5) is 13.3. The molecule has 1 unspecified atom stereocenters. The molecule has 0 radical (unpaired) electrons. The lowest BCUT2D eigenvalue weighted by Gasteiger charge is -2.58. The van der Waals surface area contributed by atoms with Gasteiger partial charge in [0.15, 0.2) is 8.24 Å². The Balaban J connectivity index is 1.53. The zero-order valence-electron chi connectivity index (χ0n) is 25.0. The van der Waals surface area contributed by atoms with Gasteiger partial charge in [0.25, 0.3) is 0 Å². The molecule has 2 aromatic carbocycles. The van der Waals surface area contributed by atoms with Crippen LogP contribution < -0.4 is 9.47 Å². The highest BCUT2D eigenvalue weighted by molar-refractivity contribution is 6.80. The molecule has 0 aromatic heterocycles. The van der Waals surface area contributed by atoms with Crippen LogP contribution in [0.3, 0.4) is 0 Å². The van der Waals surface area contributed by atoms with E-state index < -0.39 is 8.24 Å². The molecule has 7 heteroatoms. The number of methoxy groups -OCH3 is 2. The van der Waals surface area contributed by atoms with E-state index in [0.717, 1.165) is 22.6 Å². The summed E-state index contributed by atoms with van der Waals surface area (Å²) in [6.07, 6.45) is 1.15. The van der Waals surface area contributed by atoms with Gasteiger partial charge < -0.3 is 23.5 Å². The molecule has 1 aliphatic heterocycles. The van der Waals surface area contributed by atoms with E-state index in [0.29, 0.717) is 39.3 Å². The van der Waals surface area contributed by atoms with E-state index in [1.165, 1.54) is 0 Å². The smallest absolute Gasteiger partial charge is 0.221 e. The molecule has 0 bridgehead atoms. The lowest BCUT2D eigenvalue weighted by Crippen LogP contribution is -2.72. The van der Waals surface area contributed by atoms with Gasteiger partial charge in [0.2, 0.25) is 5.91 Å². The number of benzene rings is 2. The first-order valence-corrected chi connectivity index (χ1v) is 16.7. The van der Waals surface area contributed by atoms with E-state index in [1.54, 1.807) is 14.2 Å². The van der Waals surface area contributed by atoms with E-state index in [4.69, 9.17) is 18.9 Å². The van der Waals surface area contributed by atoms with Crippen LogP contribution in [0.2, 0.25) is 18.1 Å². The van der Waals surface area contributed by atoms with E-state index in [9.17, 15) is 4.79 Å². The molecule has 40 heavy (non-hydrogen) atoms. The van der Waals surface area contributed by atoms with Crippen LogP contribution in [0, 0.1) is 29.6 Å². The maximum atomic E-state index is 13.3. The number of carbonyl (C=O) groups excluding carboxylic acids is 1. The number of nitrogens with zero attached hydrogens (tertiary/aromatic N) is 1. The van der Waals surface area contributed by atoms with E-state index in [-0.39, 0.29) is 22.9 Å². The first kappa shape index (κ1) is 31.3. The second-order valence-corrected chi connectivity index (χ2v) is 16.6. The standard InChI is InChI=1S/C33H43NO5Si/c1-33(2,3)40(6,7)34-31(13-9-11-23-39-25-27-16-20-29(37-5)21-17-27)30(32(34)35)12-8-10-22-38-24-26-14-18-28(36-4)19-15-26/h14-21,30-31H,12-13,22-25H2,1-7H3/t30?,31-/m1/s1. The van der Waals surface area contributed by atoms with Crippen molar-refractivity contribution in [1.82, 2.24) is 4.57 Å². The van der Waals surface area contributed by atoms with E-state index in [2.05, 4.69) is 62.1 Å². The number of hydrogen-bond donors (Lipinski definition) is 0. The second-order valence-electron chi connectivity index (χ2n) is 11.5. The van der Waals surface area contributed by atoms with Crippen molar-refractivity contribution >= 4 is 14.1 Å². The Morgan fingerprint density at radius 3 is 1.62 bits per heavy atom. The summed E-state index contributed by atoms with van der Waals surface area (Å²) >= 11 is 0. The van der Waals surface area contributed by atoms with Gasteiger partial charge in [-0.3, -0.25) is 4.79 Å². The highest BCUT2D eigenvalue weighted by Crippen LogP contribution is 2.46. The van der Waals surface area contributed by atoms with Crippen LogP contribution in [-0.2, 0) is 27.5 Å². The zero-order chi connectivity index (χ0) is 29.2. The van der Waals surface area contributed by atoms with Crippen LogP contribution in [0.15, 0.2) is 48.5 Å². The lowest BCUT2D eigenvalue weighted by atomic mass is 9.85. The monoisotopic (exact) mass is 561 g/mol. The summed E-state index contributed by atoms with van der Waals surface area (Å²) in [7, 11) is 1.27. The van der Waals surface area contributed by atoms with E-state index >= 15 is 0 Å². The molecule has 0 saturated carbocycles. The second kappa shape index (κ2) is 14.4. The summed E-state index contributed by atoms with van der Waals surface area (Å²) in [6.45, 7) is 12.9. The van der Waals surface area contributed by atoms with Gasteiger partial charge in [0, 0.05) is 18.9 Å².